The quantitative estimate of drug-likeness (QED) is 0.347. The first kappa shape index (κ1) is 19.8. The fourth-order valence-corrected chi connectivity index (χ4v) is 4.75. The molecule has 2 atom stereocenters. The van der Waals surface area contributed by atoms with Crippen molar-refractivity contribution in [1.29, 1.82) is 0 Å². The van der Waals surface area contributed by atoms with E-state index in [0.717, 1.165) is 12.8 Å². The number of thioether (sulfide) groups is 1. The van der Waals surface area contributed by atoms with Crippen LogP contribution in [-0.4, -0.2) is 38.2 Å². The Morgan fingerprint density at radius 1 is 1.41 bits per heavy atom. The third kappa shape index (κ3) is 3.36. The molecule has 1 aromatic carbocycles. The molecule has 2 unspecified atom stereocenters. The fraction of sp³-hybridized carbons (Fsp3) is 0.474. The van der Waals surface area contributed by atoms with E-state index < -0.39 is 5.41 Å². The Hall–Kier alpha value is -1.93. The second-order valence-electron chi connectivity index (χ2n) is 7.71. The maximum Gasteiger partial charge on any atom is 0.236 e. The fourth-order valence-electron chi connectivity index (χ4n) is 3.93. The third-order valence-corrected chi connectivity index (χ3v) is 7.31. The van der Waals surface area contributed by atoms with E-state index in [1.807, 2.05) is 20.8 Å². The van der Waals surface area contributed by atoms with E-state index in [4.69, 9.17) is 12.2 Å². The van der Waals surface area contributed by atoms with Crippen LogP contribution >= 0.6 is 24.0 Å². The molecule has 6 nitrogen and oxygen atoms in total. The Morgan fingerprint density at radius 3 is 2.81 bits per heavy atom. The number of amides is 2. The topological polar surface area (TPSA) is 82.0 Å². The van der Waals surface area contributed by atoms with Crippen LogP contribution in [0.4, 0.5) is 0 Å². The van der Waals surface area contributed by atoms with Gasteiger partial charge in [-0.15, -0.1) is 0 Å². The van der Waals surface area contributed by atoms with Gasteiger partial charge in [0.25, 0.3) is 0 Å². The number of hydrogen-bond donors (Lipinski definition) is 2. The van der Waals surface area contributed by atoms with Crippen molar-refractivity contribution in [2.24, 2.45) is 21.8 Å². The monoisotopic (exact) mass is 405 g/mol. The summed E-state index contributed by atoms with van der Waals surface area (Å²) in [5.74, 6) is -0.0382. The van der Waals surface area contributed by atoms with Crippen molar-refractivity contribution in [3.8, 4) is 5.75 Å². The van der Waals surface area contributed by atoms with Gasteiger partial charge >= 0.3 is 0 Å². The van der Waals surface area contributed by atoms with Gasteiger partial charge in [-0.25, -0.2) is 0 Å². The lowest BCUT2D eigenvalue weighted by molar-refractivity contribution is -0.166. The minimum Gasteiger partial charge on any atom is -0.507 e. The van der Waals surface area contributed by atoms with Gasteiger partial charge in [0, 0.05) is 11.5 Å². The lowest BCUT2D eigenvalue weighted by atomic mass is 9.62. The zero-order valence-corrected chi connectivity index (χ0v) is 17.2. The third-order valence-electron chi connectivity index (χ3n) is 6.13. The summed E-state index contributed by atoms with van der Waals surface area (Å²) < 4.78 is 0.351. The average Bonchev–Trinajstić information content (AvgIpc) is 2.80. The van der Waals surface area contributed by atoms with Crippen molar-refractivity contribution in [3.63, 3.8) is 0 Å². The summed E-state index contributed by atoms with van der Waals surface area (Å²) in [6.07, 6.45) is 2.95. The number of imide groups is 1. The molecule has 1 heterocycles. The number of nitrogens with one attached hydrogen (secondary N) is 1. The average molecular weight is 406 g/mol. The first-order chi connectivity index (χ1) is 12.7. The second-order valence-corrected chi connectivity index (χ2v) is 9.33. The number of carbonyl (C=O) groups is 2. The SMILES string of the molecule is CC12CCC(C(=O)N(CSC(=S)N/N=C/c3ccccc3O)C1=O)C2(C)C. The second kappa shape index (κ2) is 7.24. The predicted octanol–water partition coefficient (Wildman–Crippen LogP) is 3.10. The van der Waals surface area contributed by atoms with Crippen LogP contribution < -0.4 is 5.43 Å². The van der Waals surface area contributed by atoms with E-state index in [1.165, 1.54) is 22.9 Å². The number of thiocarbonyl (C=S) groups is 1. The molecule has 2 amide bonds. The van der Waals surface area contributed by atoms with Gasteiger partial charge < -0.3 is 5.11 Å². The Bertz CT molecular complexity index is 824. The van der Waals surface area contributed by atoms with E-state index in [2.05, 4.69) is 10.5 Å². The highest BCUT2D eigenvalue weighted by atomic mass is 32.2. The number of hydrogen-bond acceptors (Lipinski definition) is 6. The van der Waals surface area contributed by atoms with Crippen LogP contribution in [0.25, 0.3) is 0 Å². The van der Waals surface area contributed by atoms with E-state index in [0.29, 0.717) is 9.88 Å². The van der Waals surface area contributed by atoms with E-state index in [9.17, 15) is 14.7 Å². The van der Waals surface area contributed by atoms with Gasteiger partial charge in [0.05, 0.1) is 17.5 Å². The van der Waals surface area contributed by atoms with Crippen LogP contribution in [0.5, 0.6) is 5.75 Å². The molecule has 3 rings (SSSR count). The van der Waals surface area contributed by atoms with Gasteiger partial charge in [0.2, 0.25) is 11.8 Å². The number of likely N-dealkylation sites (tertiary alicyclic amines) is 1. The summed E-state index contributed by atoms with van der Waals surface area (Å²) in [6, 6.07) is 6.80. The summed E-state index contributed by atoms with van der Waals surface area (Å²) in [6.45, 7) is 6.00. The van der Waals surface area contributed by atoms with Crippen molar-refractivity contribution in [3.05, 3.63) is 29.8 Å². The molecule has 1 aliphatic heterocycles. The molecule has 1 aromatic rings. The predicted molar refractivity (Wildman–Crippen MR) is 110 cm³/mol. The molecule has 0 aromatic heterocycles. The number of nitrogens with zero attached hydrogens (tertiary/aromatic N) is 2. The van der Waals surface area contributed by atoms with Crippen LogP contribution in [-0.2, 0) is 9.59 Å². The molecule has 8 heteroatoms. The summed E-state index contributed by atoms with van der Waals surface area (Å²) >= 11 is 6.41. The molecule has 1 saturated carbocycles. The lowest BCUT2D eigenvalue weighted by Gasteiger charge is -2.47. The number of phenolic OH excluding ortho intramolecular Hbond substituents is 1. The molecule has 2 aliphatic rings. The summed E-state index contributed by atoms with van der Waals surface area (Å²) in [5, 5.41) is 13.7. The Labute approximate surface area is 168 Å². The first-order valence-corrected chi connectivity index (χ1v) is 10.2. The minimum absolute atomic E-state index is 0.104. The molecule has 144 valence electrons. The van der Waals surface area contributed by atoms with Crippen molar-refractivity contribution >= 4 is 46.3 Å². The molecule has 2 N–H and O–H groups in total. The number of rotatable bonds is 4. The highest BCUT2D eigenvalue weighted by molar-refractivity contribution is 8.22. The molecule has 0 radical (unpaired) electrons. The number of phenols is 1. The van der Waals surface area contributed by atoms with Crippen molar-refractivity contribution in [1.82, 2.24) is 10.3 Å². The summed E-state index contributed by atoms with van der Waals surface area (Å²) in [5.41, 5.74) is 2.43. The summed E-state index contributed by atoms with van der Waals surface area (Å²) in [4.78, 5) is 27.1. The summed E-state index contributed by atoms with van der Waals surface area (Å²) in [7, 11) is 0. The number of fused-ring (bicyclic) bond motifs is 2. The Morgan fingerprint density at radius 2 is 2.11 bits per heavy atom. The van der Waals surface area contributed by atoms with Crippen LogP contribution in [0.15, 0.2) is 29.4 Å². The Kier molecular flexibility index (Phi) is 5.31. The number of piperidine rings is 1. The molecule has 27 heavy (non-hydrogen) atoms. The highest BCUT2D eigenvalue weighted by Gasteiger charge is 2.64. The van der Waals surface area contributed by atoms with Gasteiger partial charge in [0.1, 0.15) is 5.75 Å². The molecule has 1 aliphatic carbocycles. The van der Waals surface area contributed by atoms with Gasteiger partial charge in [-0.3, -0.25) is 19.9 Å². The van der Waals surface area contributed by atoms with E-state index in [1.54, 1.807) is 24.3 Å². The maximum atomic E-state index is 13.0. The van der Waals surface area contributed by atoms with Crippen LogP contribution in [0.1, 0.15) is 39.2 Å². The number of benzene rings is 1. The first-order valence-electron chi connectivity index (χ1n) is 8.78. The lowest BCUT2D eigenvalue weighted by Crippen LogP contribution is -2.58. The zero-order valence-electron chi connectivity index (χ0n) is 15.6. The maximum absolute atomic E-state index is 13.0. The van der Waals surface area contributed by atoms with Crippen LogP contribution in [0.2, 0.25) is 0 Å². The van der Waals surface area contributed by atoms with Crippen LogP contribution in [0, 0.1) is 16.7 Å². The smallest absolute Gasteiger partial charge is 0.236 e. The minimum atomic E-state index is -0.510. The molecular weight excluding hydrogens is 382 g/mol. The standard InChI is InChI=1S/C19H23N3O3S2/c1-18(2)13-8-9-19(18,3)16(25)22(15(13)24)11-27-17(26)21-20-10-12-6-4-5-7-14(12)23/h4-7,10,13,23H,8-9,11H2,1-3H3,(H,21,26)/b20-10+. The molecular formula is C19H23N3O3S2. The van der Waals surface area contributed by atoms with Gasteiger partial charge in [-0.1, -0.05) is 56.9 Å². The van der Waals surface area contributed by atoms with Crippen molar-refractivity contribution in [2.45, 2.75) is 33.6 Å². The van der Waals surface area contributed by atoms with Crippen molar-refractivity contribution < 1.29 is 14.7 Å². The van der Waals surface area contributed by atoms with Crippen molar-refractivity contribution in [2.75, 3.05) is 5.88 Å². The van der Waals surface area contributed by atoms with Gasteiger partial charge in [-0.05, 0) is 30.4 Å². The van der Waals surface area contributed by atoms with Crippen LogP contribution in [0.3, 0.4) is 0 Å². The molecule has 1 saturated heterocycles. The highest BCUT2D eigenvalue weighted by Crippen LogP contribution is 2.60. The van der Waals surface area contributed by atoms with Gasteiger partial charge in [0.15, 0.2) is 4.32 Å². The molecule has 2 fully saturated rings. The normalized spacial score (nSPS) is 26.6. The number of carbonyl (C=O) groups excluding carboxylic acids is 2. The number of para-hydroxylation sites is 1. The molecule has 2 bridgehead atoms. The number of aromatic hydroxyl groups is 1. The van der Waals surface area contributed by atoms with E-state index in [-0.39, 0.29) is 34.8 Å². The number of hydrazone groups is 1. The molecule has 0 spiro atoms. The zero-order chi connectivity index (χ0) is 19.8. The largest absolute Gasteiger partial charge is 0.507 e. The van der Waals surface area contributed by atoms with Gasteiger partial charge in [-0.2, -0.15) is 5.10 Å². The Balaban J connectivity index is 1.59. The van der Waals surface area contributed by atoms with E-state index >= 15 is 0 Å².